The molecule has 1 aromatic rings. The zero-order valence-electron chi connectivity index (χ0n) is 11.9. The molecule has 0 bridgehead atoms. The molecule has 1 N–H and O–H groups in total. The van der Waals surface area contributed by atoms with Crippen LogP contribution in [0, 0.1) is 0 Å². The Morgan fingerprint density at radius 1 is 1.33 bits per heavy atom. The summed E-state index contributed by atoms with van der Waals surface area (Å²) in [4.78, 5) is 2.25. The van der Waals surface area contributed by atoms with E-state index in [0.29, 0.717) is 6.04 Å². The summed E-state index contributed by atoms with van der Waals surface area (Å²) in [6.45, 7) is 1.12. The van der Waals surface area contributed by atoms with Gasteiger partial charge in [0, 0.05) is 6.04 Å². The average Bonchev–Trinajstić information content (AvgIpc) is 2.28. The molecule has 1 aliphatic carbocycles. The predicted octanol–water partition coefficient (Wildman–Crippen LogP) is 3.17. The second-order valence-corrected chi connectivity index (χ2v) is 5.73. The molecule has 100 valence electrons. The predicted molar refractivity (Wildman–Crippen MR) is 78.0 cm³/mol. The number of benzene rings is 1. The third-order valence-corrected chi connectivity index (χ3v) is 4.10. The van der Waals surface area contributed by atoms with Crippen LogP contribution in [0.15, 0.2) is 24.3 Å². The Labute approximate surface area is 111 Å². The molecular weight excluding hydrogens is 220 g/mol. The summed E-state index contributed by atoms with van der Waals surface area (Å²) in [5.74, 6) is 0.830. The van der Waals surface area contributed by atoms with Crippen LogP contribution >= 0.6 is 0 Å². The van der Waals surface area contributed by atoms with Crippen molar-refractivity contribution in [3.05, 3.63) is 35.4 Å². The summed E-state index contributed by atoms with van der Waals surface area (Å²) >= 11 is 0. The highest BCUT2D eigenvalue weighted by molar-refractivity contribution is 5.29. The number of nitrogens with zero attached hydrogens (tertiary/aromatic N) is 1. The number of hydrogen-bond acceptors (Lipinski definition) is 2. The van der Waals surface area contributed by atoms with E-state index in [-0.39, 0.29) is 0 Å². The summed E-state index contributed by atoms with van der Waals surface area (Å²) in [6.07, 6.45) is 5.33. The summed E-state index contributed by atoms with van der Waals surface area (Å²) < 4.78 is 0. The summed E-state index contributed by atoms with van der Waals surface area (Å²) in [6, 6.07) is 9.68. The van der Waals surface area contributed by atoms with Crippen LogP contribution in [-0.2, 0) is 0 Å². The van der Waals surface area contributed by atoms with Crippen molar-refractivity contribution in [2.24, 2.45) is 0 Å². The van der Waals surface area contributed by atoms with Gasteiger partial charge < -0.3 is 10.2 Å². The van der Waals surface area contributed by atoms with Crippen LogP contribution < -0.4 is 5.32 Å². The molecule has 0 heterocycles. The Balaban J connectivity index is 2.04. The summed E-state index contributed by atoms with van der Waals surface area (Å²) in [5.41, 5.74) is 2.99. The maximum Gasteiger partial charge on any atom is 0.0329 e. The smallest absolute Gasteiger partial charge is 0.0329 e. The second kappa shape index (κ2) is 6.35. The average molecular weight is 246 g/mol. The van der Waals surface area contributed by atoms with Crippen molar-refractivity contribution in [1.82, 2.24) is 10.2 Å². The van der Waals surface area contributed by atoms with Crippen LogP contribution in [0.2, 0.25) is 0 Å². The molecule has 2 rings (SSSR count). The van der Waals surface area contributed by atoms with E-state index in [1.165, 1.54) is 24.8 Å². The van der Waals surface area contributed by atoms with Gasteiger partial charge in [-0.15, -0.1) is 0 Å². The highest BCUT2D eigenvalue weighted by Gasteiger charge is 2.20. The van der Waals surface area contributed by atoms with E-state index in [0.717, 1.165) is 18.9 Å². The molecule has 2 nitrogen and oxygen atoms in total. The van der Waals surface area contributed by atoms with Crippen molar-refractivity contribution < 1.29 is 0 Å². The van der Waals surface area contributed by atoms with E-state index >= 15 is 0 Å². The van der Waals surface area contributed by atoms with E-state index in [4.69, 9.17) is 0 Å². The first-order valence-electron chi connectivity index (χ1n) is 7.12. The van der Waals surface area contributed by atoms with Crippen LogP contribution in [0.4, 0.5) is 0 Å². The van der Waals surface area contributed by atoms with Crippen LogP contribution in [0.1, 0.15) is 48.8 Å². The Hall–Kier alpha value is -0.860. The first kappa shape index (κ1) is 13.6. The standard InChI is InChI=1S/C16H26N2/c1-17-16(10-11-18(2)3)15-9-5-8-14(12-15)13-6-4-7-13/h5,8-9,12-13,16-17H,4,6-7,10-11H2,1-3H3. The minimum Gasteiger partial charge on any atom is -0.313 e. The first-order valence-corrected chi connectivity index (χ1v) is 7.12. The van der Waals surface area contributed by atoms with Gasteiger partial charge >= 0.3 is 0 Å². The molecule has 1 atom stereocenters. The molecule has 1 aromatic carbocycles. The van der Waals surface area contributed by atoms with Gasteiger partial charge in [-0.05, 0) is 64.0 Å². The Morgan fingerprint density at radius 3 is 2.67 bits per heavy atom. The van der Waals surface area contributed by atoms with Gasteiger partial charge in [0.05, 0.1) is 0 Å². The molecule has 0 radical (unpaired) electrons. The van der Waals surface area contributed by atoms with Crippen molar-refractivity contribution in [2.75, 3.05) is 27.7 Å². The Kier molecular flexibility index (Phi) is 4.79. The normalized spacial score (nSPS) is 17.8. The molecule has 0 amide bonds. The fourth-order valence-corrected chi connectivity index (χ4v) is 2.64. The molecular formula is C16H26N2. The molecule has 0 aliphatic heterocycles. The van der Waals surface area contributed by atoms with E-state index in [1.807, 2.05) is 0 Å². The van der Waals surface area contributed by atoms with Crippen molar-refractivity contribution in [3.8, 4) is 0 Å². The quantitative estimate of drug-likeness (QED) is 0.829. The SMILES string of the molecule is CNC(CCN(C)C)c1cccc(C2CCC2)c1. The number of hydrogen-bond donors (Lipinski definition) is 1. The second-order valence-electron chi connectivity index (χ2n) is 5.73. The molecule has 0 spiro atoms. The fourth-order valence-electron chi connectivity index (χ4n) is 2.64. The van der Waals surface area contributed by atoms with E-state index in [9.17, 15) is 0 Å². The zero-order valence-corrected chi connectivity index (χ0v) is 11.9. The van der Waals surface area contributed by atoms with Gasteiger partial charge in [-0.1, -0.05) is 30.7 Å². The Morgan fingerprint density at radius 2 is 2.11 bits per heavy atom. The molecule has 1 unspecified atom stereocenters. The van der Waals surface area contributed by atoms with Gasteiger partial charge in [0.1, 0.15) is 0 Å². The molecule has 1 aliphatic rings. The number of rotatable bonds is 6. The number of nitrogens with one attached hydrogen (secondary N) is 1. The van der Waals surface area contributed by atoms with Crippen LogP contribution in [0.25, 0.3) is 0 Å². The lowest BCUT2D eigenvalue weighted by molar-refractivity contribution is 0.368. The van der Waals surface area contributed by atoms with E-state index < -0.39 is 0 Å². The highest BCUT2D eigenvalue weighted by atomic mass is 15.1. The van der Waals surface area contributed by atoms with Gasteiger partial charge in [-0.3, -0.25) is 0 Å². The van der Waals surface area contributed by atoms with Crippen molar-refractivity contribution in [2.45, 2.75) is 37.6 Å². The largest absolute Gasteiger partial charge is 0.313 e. The fraction of sp³-hybridized carbons (Fsp3) is 0.625. The van der Waals surface area contributed by atoms with E-state index in [1.54, 1.807) is 5.56 Å². The van der Waals surface area contributed by atoms with Gasteiger partial charge in [0.2, 0.25) is 0 Å². The minimum absolute atomic E-state index is 0.479. The van der Waals surface area contributed by atoms with Crippen LogP contribution in [-0.4, -0.2) is 32.6 Å². The molecule has 2 heteroatoms. The van der Waals surface area contributed by atoms with Gasteiger partial charge in [-0.25, -0.2) is 0 Å². The molecule has 1 saturated carbocycles. The molecule has 1 fully saturated rings. The lowest BCUT2D eigenvalue weighted by Crippen LogP contribution is -2.23. The van der Waals surface area contributed by atoms with E-state index in [2.05, 4.69) is 55.6 Å². The summed E-state index contributed by atoms with van der Waals surface area (Å²) in [5, 5.41) is 3.45. The summed E-state index contributed by atoms with van der Waals surface area (Å²) in [7, 11) is 6.34. The third-order valence-electron chi connectivity index (χ3n) is 4.10. The van der Waals surface area contributed by atoms with Crippen LogP contribution in [0.3, 0.4) is 0 Å². The maximum atomic E-state index is 3.45. The topological polar surface area (TPSA) is 15.3 Å². The van der Waals surface area contributed by atoms with Gasteiger partial charge in [0.15, 0.2) is 0 Å². The lowest BCUT2D eigenvalue weighted by atomic mass is 9.79. The zero-order chi connectivity index (χ0) is 13.0. The lowest BCUT2D eigenvalue weighted by Gasteiger charge is -2.27. The van der Waals surface area contributed by atoms with Crippen molar-refractivity contribution in [3.63, 3.8) is 0 Å². The van der Waals surface area contributed by atoms with Crippen molar-refractivity contribution in [1.29, 1.82) is 0 Å². The maximum absolute atomic E-state index is 3.45. The molecule has 18 heavy (non-hydrogen) atoms. The third kappa shape index (κ3) is 3.33. The van der Waals surface area contributed by atoms with Crippen LogP contribution in [0.5, 0.6) is 0 Å². The van der Waals surface area contributed by atoms with Gasteiger partial charge in [-0.2, -0.15) is 0 Å². The molecule has 0 saturated heterocycles. The molecule has 0 aromatic heterocycles. The highest BCUT2D eigenvalue weighted by Crippen LogP contribution is 2.37. The van der Waals surface area contributed by atoms with Gasteiger partial charge in [0.25, 0.3) is 0 Å². The first-order chi connectivity index (χ1) is 8.70. The minimum atomic E-state index is 0.479. The monoisotopic (exact) mass is 246 g/mol. The Bertz CT molecular complexity index is 369. The van der Waals surface area contributed by atoms with Crippen molar-refractivity contribution >= 4 is 0 Å².